The fraction of sp³-hybridized carbons (Fsp3) is 0.519. The number of hydrogen-bond donors (Lipinski definition) is 3. The first-order valence-electron chi connectivity index (χ1n) is 13.1. The van der Waals surface area contributed by atoms with Gasteiger partial charge < -0.3 is 30.8 Å². The molecule has 0 aliphatic carbocycles. The van der Waals surface area contributed by atoms with Crippen LogP contribution < -0.4 is 10.6 Å². The number of likely N-dealkylation sites (N-methyl/N-ethyl adjacent to an activating group) is 1. The van der Waals surface area contributed by atoms with E-state index in [0.717, 1.165) is 48.9 Å². The van der Waals surface area contributed by atoms with Crippen molar-refractivity contribution in [2.45, 2.75) is 51.3 Å². The van der Waals surface area contributed by atoms with Gasteiger partial charge in [0.15, 0.2) is 0 Å². The maximum absolute atomic E-state index is 13.5. The quantitative estimate of drug-likeness (QED) is 0.145. The average Bonchev–Trinajstić information content (AvgIpc) is 3.30. The second kappa shape index (κ2) is 14.3. The Bertz CT molecular complexity index is 1210. The minimum atomic E-state index is -1.13. The van der Waals surface area contributed by atoms with Gasteiger partial charge in [0.25, 0.3) is 0 Å². The van der Waals surface area contributed by atoms with E-state index in [-0.39, 0.29) is 31.7 Å². The predicted octanol–water partition coefficient (Wildman–Crippen LogP) is 0.529. The molecule has 0 unspecified atom stereocenters. The lowest BCUT2D eigenvalue weighted by molar-refractivity contribution is -0.152. The normalized spacial score (nSPS) is 15.8. The minimum Gasteiger partial charge on any atom is -0.461 e. The zero-order chi connectivity index (χ0) is 28.4. The number of ether oxygens (including phenoxy) is 1. The van der Waals surface area contributed by atoms with Crippen LogP contribution in [-0.4, -0.2) is 107 Å². The number of piperazine rings is 1. The summed E-state index contributed by atoms with van der Waals surface area (Å²) in [5.74, 6) is -2.07. The first-order valence-corrected chi connectivity index (χ1v) is 13.1. The van der Waals surface area contributed by atoms with Crippen molar-refractivity contribution in [3.05, 3.63) is 41.6 Å². The highest BCUT2D eigenvalue weighted by Gasteiger charge is 2.30. The van der Waals surface area contributed by atoms with Gasteiger partial charge in [-0.1, -0.05) is 18.2 Å². The number of H-pyrrole nitrogens is 1. The molecule has 0 saturated carbocycles. The van der Waals surface area contributed by atoms with Crippen molar-refractivity contribution < 1.29 is 28.7 Å². The van der Waals surface area contributed by atoms with Crippen LogP contribution in [0.15, 0.2) is 30.5 Å². The van der Waals surface area contributed by atoms with E-state index < -0.39 is 35.8 Å². The summed E-state index contributed by atoms with van der Waals surface area (Å²) in [4.78, 5) is 61.3. The van der Waals surface area contributed by atoms with Crippen LogP contribution in [0.2, 0.25) is 0 Å². The van der Waals surface area contributed by atoms with Crippen molar-refractivity contribution in [1.82, 2.24) is 25.4 Å². The molecule has 1 saturated heterocycles. The number of amides is 2. The van der Waals surface area contributed by atoms with Crippen molar-refractivity contribution in [3.8, 4) is 0 Å². The van der Waals surface area contributed by atoms with Crippen LogP contribution in [0.5, 0.6) is 0 Å². The van der Waals surface area contributed by atoms with E-state index in [0.29, 0.717) is 0 Å². The largest absolute Gasteiger partial charge is 0.461 e. The Hall–Kier alpha value is -3.86. The van der Waals surface area contributed by atoms with E-state index in [1.807, 2.05) is 36.2 Å². The SMILES string of the molecule is CC(C)OC(=O)[C@H](CCC(=O)C=[N+]=[N-])NC(=O)[C@H](Cc1c[nH]c2ccccc12)NC(=O)CN1CCN(C)CC1. The van der Waals surface area contributed by atoms with Crippen LogP contribution in [0, 0.1) is 0 Å². The van der Waals surface area contributed by atoms with Crippen molar-refractivity contribution in [2.24, 2.45) is 0 Å². The minimum absolute atomic E-state index is 0.0583. The van der Waals surface area contributed by atoms with Crippen molar-refractivity contribution >= 4 is 40.7 Å². The average molecular weight is 540 g/mol. The second-order valence-electron chi connectivity index (χ2n) is 10.1. The lowest BCUT2D eigenvalue weighted by Crippen LogP contribution is -2.55. The molecule has 3 rings (SSSR count). The number of carbonyl (C=O) groups is 4. The number of rotatable bonds is 13. The topological polar surface area (TPSA) is 160 Å². The Balaban J connectivity index is 1.78. The third kappa shape index (κ3) is 9.13. The number of nitrogens with zero attached hydrogens (tertiary/aromatic N) is 4. The van der Waals surface area contributed by atoms with E-state index in [1.165, 1.54) is 0 Å². The zero-order valence-electron chi connectivity index (χ0n) is 22.7. The molecule has 3 N–H and O–H groups in total. The number of Topliss-reactive ketones (excluding diaryl/α,β-unsaturated/α-hetero) is 1. The summed E-state index contributed by atoms with van der Waals surface area (Å²) in [6.45, 7) is 6.71. The van der Waals surface area contributed by atoms with E-state index >= 15 is 0 Å². The van der Waals surface area contributed by atoms with Crippen LogP contribution in [-0.2, 0) is 30.3 Å². The monoisotopic (exact) mass is 539 g/mol. The van der Waals surface area contributed by atoms with Gasteiger partial charge in [-0.05, 0) is 38.9 Å². The lowest BCUT2D eigenvalue weighted by atomic mass is 10.0. The molecule has 1 aliphatic heterocycles. The molecule has 2 heterocycles. The molecule has 1 aromatic heterocycles. The number of carbonyl (C=O) groups excluding carboxylic acids is 4. The highest BCUT2D eigenvalue weighted by atomic mass is 16.5. The standard InChI is InChI=1S/C27H37N7O5/c1-18(2)39-27(38)23(9-8-20(35)16-30-28)32-26(37)24(14-19-15-29-22-7-5-4-6-21(19)22)31-25(36)17-34-12-10-33(3)11-13-34/h4-7,15-16,18,23-24,29H,8-14,17H2,1-3H3,(H,31,36)(H,32,37)/t23-,24-/m0/s1. The van der Waals surface area contributed by atoms with Crippen LogP contribution in [0.25, 0.3) is 16.4 Å². The van der Waals surface area contributed by atoms with Crippen LogP contribution in [0.3, 0.4) is 0 Å². The van der Waals surface area contributed by atoms with Crippen LogP contribution in [0.1, 0.15) is 32.3 Å². The molecule has 1 aliphatic rings. The molecular formula is C27H37N7O5. The molecule has 12 nitrogen and oxygen atoms in total. The predicted molar refractivity (Wildman–Crippen MR) is 145 cm³/mol. The van der Waals surface area contributed by atoms with Crippen LogP contribution in [0.4, 0.5) is 0 Å². The van der Waals surface area contributed by atoms with E-state index in [1.54, 1.807) is 20.0 Å². The lowest BCUT2D eigenvalue weighted by Gasteiger charge is -2.32. The van der Waals surface area contributed by atoms with Gasteiger partial charge >= 0.3 is 12.2 Å². The van der Waals surface area contributed by atoms with Gasteiger partial charge in [0.2, 0.25) is 17.6 Å². The fourth-order valence-electron chi connectivity index (χ4n) is 4.43. The molecule has 1 fully saturated rings. The number of ketones is 1. The van der Waals surface area contributed by atoms with Crippen molar-refractivity contribution in [3.63, 3.8) is 0 Å². The molecule has 210 valence electrons. The number of aromatic nitrogens is 1. The Labute approximate surface area is 227 Å². The maximum atomic E-state index is 13.5. The molecule has 39 heavy (non-hydrogen) atoms. The summed E-state index contributed by atoms with van der Waals surface area (Å²) in [6.07, 6.45) is 2.09. The van der Waals surface area contributed by atoms with Crippen molar-refractivity contribution in [2.75, 3.05) is 39.8 Å². The first kappa shape index (κ1) is 29.7. The highest BCUT2D eigenvalue weighted by molar-refractivity contribution is 6.25. The van der Waals surface area contributed by atoms with E-state index in [9.17, 15) is 19.2 Å². The molecule has 2 aromatic rings. The molecule has 0 spiro atoms. The number of benzene rings is 1. The maximum Gasteiger partial charge on any atom is 0.328 e. The first-order chi connectivity index (χ1) is 18.7. The summed E-state index contributed by atoms with van der Waals surface area (Å²) in [7, 11) is 2.03. The number of para-hydroxylation sites is 1. The summed E-state index contributed by atoms with van der Waals surface area (Å²) >= 11 is 0. The number of fused-ring (bicyclic) bond motifs is 1. The zero-order valence-corrected chi connectivity index (χ0v) is 22.7. The third-order valence-electron chi connectivity index (χ3n) is 6.55. The van der Waals surface area contributed by atoms with Gasteiger partial charge in [0.05, 0.1) is 12.6 Å². The highest BCUT2D eigenvalue weighted by Crippen LogP contribution is 2.19. The van der Waals surface area contributed by atoms with E-state index in [4.69, 9.17) is 10.3 Å². The molecule has 0 bridgehead atoms. The summed E-state index contributed by atoms with van der Waals surface area (Å²) in [6, 6.07) is 5.54. The third-order valence-corrected chi connectivity index (χ3v) is 6.55. The molecule has 2 amide bonds. The van der Waals surface area contributed by atoms with Gasteiger partial charge in [-0.15, -0.1) is 0 Å². The van der Waals surface area contributed by atoms with Gasteiger partial charge in [0.1, 0.15) is 12.1 Å². The Morgan fingerprint density at radius 2 is 1.82 bits per heavy atom. The Kier molecular flexibility index (Phi) is 10.9. The summed E-state index contributed by atoms with van der Waals surface area (Å²) in [5.41, 5.74) is 10.3. The van der Waals surface area contributed by atoms with E-state index in [2.05, 4.69) is 25.3 Å². The van der Waals surface area contributed by atoms with Gasteiger partial charge in [0, 0.05) is 56.1 Å². The number of esters is 1. The number of hydrogen-bond acceptors (Lipinski definition) is 7. The number of aromatic amines is 1. The van der Waals surface area contributed by atoms with Gasteiger partial charge in [-0.25, -0.2) is 4.79 Å². The fourth-order valence-corrected chi connectivity index (χ4v) is 4.43. The van der Waals surface area contributed by atoms with Gasteiger partial charge in [-0.2, -0.15) is 4.79 Å². The molecule has 1 aromatic carbocycles. The molecular weight excluding hydrogens is 502 g/mol. The molecule has 12 heteroatoms. The van der Waals surface area contributed by atoms with Crippen LogP contribution >= 0.6 is 0 Å². The Morgan fingerprint density at radius 1 is 1.10 bits per heavy atom. The van der Waals surface area contributed by atoms with Gasteiger partial charge in [-0.3, -0.25) is 19.3 Å². The smallest absolute Gasteiger partial charge is 0.328 e. The Morgan fingerprint density at radius 3 is 2.51 bits per heavy atom. The molecule has 2 atom stereocenters. The summed E-state index contributed by atoms with van der Waals surface area (Å²) < 4.78 is 5.29. The second-order valence-corrected chi connectivity index (χ2v) is 10.1. The summed E-state index contributed by atoms with van der Waals surface area (Å²) in [5, 5.41) is 6.46. The number of nitrogens with one attached hydrogen (secondary N) is 3. The van der Waals surface area contributed by atoms with Crippen molar-refractivity contribution in [1.29, 1.82) is 0 Å². The molecule has 0 radical (unpaired) electrons.